The van der Waals surface area contributed by atoms with Gasteiger partial charge in [-0.3, -0.25) is 9.88 Å². The van der Waals surface area contributed by atoms with Crippen molar-refractivity contribution in [2.24, 2.45) is 0 Å². The van der Waals surface area contributed by atoms with Gasteiger partial charge in [0.15, 0.2) is 0 Å². The summed E-state index contributed by atoms with van der Waals surface area (Å²) in [4.78, 5) is 29.3. The number of carbonyl (C=O) groups excluding carboxylic acids is 1. The second-order valence-electron chi connectivity index (χ2n) is 6.37. The van der Waals surface area contributed by atoms with Crippen molar-refractivity contribution >= 4 is 28.4 Å². The van der Waals surface area contributed by atoms with Crippen molar-refractivity contribution in [3.05, 3.63) is 88.7 Å². The van der Waals surface area contributed by atoms with Crippen LogP contribution in [0.2, 0.25) is 0 Å². The van der Waals surface area contributed by atoms with Crippen LogP contribution in [0.1, 0.15) is 11.3 Å². The predicted octanol–water partition coefficient (Wildman–Crippen LogP) is 3.99. The van der Waals surface area contributed by atoms with Gasteiger partial charge in [-0.15, -0.1) is 0 Å². The molecule has 0 radical (unpaired) electrons. The fourth-order valence-corrected chi connectivity index (χ4v) is 3.01. The second-order valence-corrected chi connectivity index (χ2v) is 6.37. The predicted molar refractivity (Wildman–Crippen MR) is 108 cm³/mol. The third-order valence-corrected chi connectivity index (χ3v) is 4.28. The van der Waals surface area contributed by atoms with Gasteiger partial charge in [-0.1, -0.05) is 24.3 Å². The van der Waals surface area contributed by atoms with Gasteiger partial charge in [-0.05, 0) is 48.9 Å². The van der Waals surface area contributed by atoms with Gasteiger partial charge in [-0.2, -0.15) is 4.98 Å². The van der Waals surface area contributed by atoms with Crippen LogP contribution in [-0.2, 0) is 6.54 Å². The van der Waals surface area contributed by atoms with E-state index in [4.69, 9.17) is 4.42 Å². The second kappa shape index (κ2) is 7.40. The van der Waals surface area contributed by atoms with Gasteiger partial charge in [0.05, 0.1) is 18.3 Å². The number of anilines is 2. The van der Waals surface area contributed by atoms with Gasteiger partial charge in [0, 0.05) is 11.1 Å². The number of fused-ring (bicyclic) bond motifs is 1. The highest BCUT2D eigenvalue weighted by Crippen LogP contribution is 2.21. The molecule has 0 saturated carbocycles. The molecule has 0 aliphatic carbocycles. The van der Waals surface area contributed by atoms with Crippen LogP contribution < -0.4 is 16.3 Å². The maximum absolute atomic E-state index is 12.6. The Balaban J connectivity index is 1.73. The molecule has 0 bridgehead atoms. The van der Waals surface area contributed by atoms with Gasteiger partial charge >= 0.3 is 11.7 Å². The number of hydrogen-bond donors (Lipinski definition) is 2. The molecule has 28 heavy (non-hydrogen) atoms. The average Bonchev–Trinajstić information content (AvgIpc) is 3.18. The molecule has 2 heterocycles. The van der Waals surface area contributed by atoms with Crippen molar-refractivity contribution in [1.82, 2.24) is 9.55 Å². The number of aromatic nitrogens is 2. The lowest BCUT2D eigenvalue weighted by Crippen LogP contribution is -2.30. The molecule has 2 aromatic carbocycles. The molecule has 2 amide bonds. The summed E-state index contributed by atoms with van der Waals surface area (Å²) in [7, 11) is 0. The summed E-state index contributed by atoms with van der Waals surface area (Å²) in [6, 6.07) is 17.7. The maximum Gasteiger partial charge on any atom is 0.350 e. The summed E-state index contributed by atoms with van der Waals surface area (Å²) in [5.41, 5.74) is 1.73. The van der Waals surface area contributed by atoms with E-state index in [1.54, 1.807) is 30.3 Å². The largest absolute Gasteiger partial charge is 0.467 e. The molecule has 4 rings (SSSR count). The first kappa shape index (κ1) is 17.5. The van der Waals surface area contributed by atoms with Crippen molar-refractivity contribution < 1.29 is 9.21 Å². The van der Waals surface area contributed by atoms with Crippen LogP contribution in [0, 0.1) is 6.92 Å². The zero-order valence-electron chi connectivity index (χ0n) is 15.2. The summed E-state index contributed by atoms with van der Waals surface area (Å²) in [6.07, 6.45) is 1.53. The number of rotatable bonds is 4. The van der Waals surface area contributed by atoms with E-state index < -0.39 is 11.7 Å². The average molecular weight is 374 g/mol. The summed E-state index contributed by atoms with van der Waals surface area (Å²) >= 11 is 0. The minimum Gasteiger partial charge on any atom is -0.467 e. The van der Waals surface area contributed by atoms with E-state index in [2.05, 4.69) is 15.6 Å². The van der Waals surface area contributed by atoms with Crippen molar-refractivity contribution in [2.45, 2.75) is 13.5 Å². The molecule has 0 saturated heterocycles. The highest BCUT2D eigenvalue weighted by molar-refractivity contribution is 6.04. The van der Waals surface area contributed by atoms with Crippen LogP contribution in [0.4, 0.5) is 16.3 Å². The van der Waals surface area contributed by atoms with E-state index >= 15 is 0 Å². The van der Waals surface area contributed by atoms with Crippen LogP contribution in [0.25, 0.3) is 10.9 Å². The quantitative estimate of drug-likeness (QED) is 0.565. The van der Waals surface area contributed by atoms with E-state index in [-0.39, 0.29) is 6.54 Å². The van der Waals surface area contributed by atoms with Gasteiger partial charge in [0.1, 0.15) is 11.6 Å². The van der Waals surface area contributed by atoms with Crippen LogP contribution in [0.5, 0.6) is 0 Å². The number of hydrogen-bond acceptors (Lipinski definition) is 4. The smallest absolute Gasteiger partial charge is 0.350 e. The molecule has 7 nitrogen and oxygen atoms in total. The summed E-state index contributed by atoms with van der Waals surface area (Å²) in [6.45, 7) is 2.10. The van der Waals surface area contributed by atoms with Crippen LogP contribution in [0.15, 0.2) is 76.1 Å². The molecule has 0 aliphatic rings. The molecule has 0 fully saturated rings. The fraction of sp³-hybridized carbons (Fsp3) is 0.0952. The Morgan fingerprint density at radius 2 is 1.93 bits per heavy atom. The molecule has 2 N–H and O–H groups in total. The summed E-state index contributed by atoms with van der Waals surface area (Å²) < 4.78 is 6.74. The first-order valence-electron chi connectivity index (χ1n) is 8.77. The lowest BCUT2D eigenvalue weighted by atomic mass is 10.2. The minimum atomic E-state index is -0.471. The topological polar surface area (TPSA) is 89.2 Å². The molecule has 2 aromatic heterocycles. The molecular weight excluding hydrogens is 356 g/mol. The Hall–Kier alpha value is -3.87. The Bertz CT molecular complexity index is 1200. The standard InChI is InChI=1S/C21H18N4O3/c1-14-6-4-7-15(12-14)22-20(26)24-19-17-9-2-3-10-18(17)23-21(27)25(19)13-16-8-5-11-28-16/h2-12H,13H2,1H3,(H2,22,24,26). The summed E-state index contributed by atoms with van der Waals surface area (Å²) in [5.74, 6) is 0.943. The lowest BCUT2D eigenvalue weighted by molar-refractivity contribution is 0.262. The molecule has 0 spiro atoms. The van der Waals surface area contributed by atoms with Gasteiger partial charge in [-0.25, -0.2) is 9.59 Å². The lowest BCUT2D eigenvalue weighted by Gasteiger charge is -2.15. The Morgan fingerprint density at radius 3 is 2.71 bits per heavy atom. The third-order valence-electron chi connectivity index (χ3n) is 4.28. The number of amides is 2. The SMILES string of the molecule is Cc1cccc(NC(=O)Nc2c3ccccc3nc(=O)n2Cc2ccco2)c1. The van der Waals surface area contributed by atoms with Crippen molar-refractivity contribution in [3.8, 4) is 0 Å². The molecular formula is C21H18N4O3. The fourth-order valence-electron chi connectivity index (χ4n) is 3.01. The van der Waals surface area contributed by atoms with E-state index in [9.17, 15) is 9.59 Å². The number of urea groups is 1. The Morgan fingerprint density at radius 1 is 1.07 bits per heavy atom. The number of furan rings is 1. The zero-order valence-corrected chi connectivity index (χ0v) is 15.2. The third kappa shape index (κ3) is 3.64. The maximum atomic E-state index is 12.6. The highest BCUT2D eigenvalue weighted by atomic mass is 16.3. The number of aryl methyl sites for hydroxylation is 1. The van der Waals surface area contributed by atoms with Crippen molar-refractivity contribution in [3.63, 3.8) is 0 Å². The molecule has 140 valence electrons. The molecule has 0 unspecified atom stereocenters. The molecule has 4 aromatic rings. The molecule has 0 atom stereocenters. The highest BCUT2D eigenvalue weighted by Gasteiger charge is 2.15. The Labute approximate surface area is 160 Å². The van der Waals surface area contributed by atoms with Crippen LogP contribution >= 0.6 is 0 Å². The van der Waals surface area contributed by atoms with Gasteiger partial charge in [0.25, 0.3) is 0 Å². The van der Waals surface area contributed by atoms with Gasteiger partial charge < -0.3 is 9.73 Å². The van der Waals surface area contributed by atoms with E-state index in [0.717, 1.165) is 5.56 Å². The first-order valence-corrected chi connectivity index (χ1v) is 8.77. The van der Waals surface area contributed by atoms with Crippen LogP contribution in [-0.4, -0.2) is 15.6 Å². The monoisotopic (exact) mass is 374 g/mol. The summed E-state index contributed by atoms with van der Waals surface area (Å²) in [5, 5.41) is 6.26. The Kier molecular flexibility index (Phi) is 4.63. The number of nitrogens with one attached hydrogen (secondary N) is 2. The van der Waals surface area contributed by atoms with E-state index in [0.29, 0.717) is 28.2 Å². The number of carbonyl (C=O) groups is 1. The molecule has 7 heteroatoms. The zero-order chi connectivity index (χ0) is 19.5. The number of benzene rings is 2. The van der Waals surface area contributed by atoms with E-state index in [1.165, 1.54) is 10.8 Å². The normalized spacial score (nSPS) is 10.8. The van der Waals surface area contributed by atoms with Crippen molar-refractivity contribution in [1.29, 1.82) is 0 Å². The minimum absolute atomic E-state index is 0.156. The van der Waals surface area contributed by atoms with Gasteiger partial charge in [0.2, 0.25) is 0 Å². The van der Waals surface area contributed by atoms with Crippen molar-refractivity contribution in [2.75, 3.05) is 10.6 Å². The number of para-hydroxylation sites is 1. The number of nitrogens with zero attached hydrogens (tertiary/aromatic N) is 2. The van der Waals surface area contributed by atoms with Crippen LogP contribution in [0.3, 0.4) is 0 Å². The first-order chi connectivity index (χ1) is 13.6. The van der Waals surface area contributed by atoms with E-state index in [1.807, 2.05) is 37.3 Å². The molecule has 0 aliphatic heterocycles.